The van der Waals surface area contributed by atoms with Crippen LogP contribution in [0.15, 0.2) is 24.3 Å². The Hall–Kier alpha value is -2.41. The summed E-state index contributed by atoms with van der Waals surface area (Å²) in [6.45, 7) is -0.263. The average molecular weight is 293 g/mol. The van der Waals surface area contributed by atoms with E-state index >= 15 is 0 Å². The normalized spacial score (nSPS) is 10.4. The Kier molecular flexibility index (Phi) is 5.86. The standard InChI is InChI=1S/C14H19N3O4/c1-16(2)7-10-3-5-11(6-4-10)14(21)17(8-12(15)18)9-13(19)20/h3-6H,7-9H2,1-2H3,(H2,15,18)(H,19,20). The smallest absolute Gasteiger partial charge is 0.323 e. The van der Waals surface area contributed by atoms with Crippen LogP contribution in [0.5, 0.6) is 0 Å². The quantitative estimate of drug-likeness (QED) is 0.722. The van der Waals surface area contributed by atoms with Crippen molar-refractivity contribution in [2.24, 2.45) is 5.73 Å². The largest absolute Gasteiger partial charge is 0.480 e. The zero-order valence-corrected chi connectivity index (χ0v) is 12.1. The molecule has 21 heavy (non-hydrogen) atoms. The van der Waals surface area contributed by atoms with E-state index in [-0.39, 0.29) is 0 Å². The van der Waals surface area contributed by atoms with Crippen LogP contribution in [0.4, 0.5) is 0 Å². The third kappa shape index (κ3) is 5.62. The van der Waals surface area contributed by atoms with Gasteiger partial charge in [-0.25, -0.2) is 0 Å². The van der Waals surface area contributed by atoms with E-state index in [2.05, 4.69) is 0 Å². The molecule has 0 bridgehead atoms. The molecule has 0 aliphatic rings. The molecule has 114 valence electrons. The molecule has 0 spiro atoms. The van der Waals surface area contributed by atoms with Gasteiger partial charge in [0.15, 0.2) is 0 Å². The van der Waals surface area contributed by atoms with Crippen molar-refractivity contribution in [3.8, 4) is 0 Å². The Labute approximate surface area is 122 Å². The molecule has 0 atom stereocenters. The van der Waals surface area contributed by atoms with Gasteiger partial charge in [0.2, 0.25) is 5.91 Å². The summed E-state index contributed by atoms with van der Waals surface area (Å²) in [7, 11) is 3.86. The van der Waals surface area contributed by atoms with Crippen LogP contribution in [0.1, 0.15) is 15.9 Å². The topological polar surface area (TPSA) is 104 Å². The number of carboxylic acid groups (broad SMARTS) is 1. The van der Waals surface area contributed by atoms with E-state index in [0.717, 1.165) is 17.0 Å². The first kappa shape index (κ1) is 16.6. The number of carboxylic acids is 1. The van der Waals surface area contributed by atoms with Gasteiger partial charge in [-0.15, -0.1) is 0 Å². The van der Waals surface area contributed by atoms with Gasteiger partial charge in [0, 0.05) is 12.1 Å². The summed E-state index contributed by atoms with van der Waals surface area (Å²) in [5.41, 5.74) is 6.38. The first-order valence-electron chi connectivity index (χ1n) is 6.32. The van der Waals surface area contributed by atoms with Crippen molar-refractivity contribution in [3.05, 3.63) is 35.4 Å². The van der Waals surface area contributed by atoms with Crippen molar-refractivity contribution >= 4 is 17.8 Å². The van der Waals surface area contributed by atoms with Gasteiger partial charge in [-0.1, -0.05) is 12.1 Å². The summed E-state index contributed by atoms with van der Waals surface area (Å²) in [5, 5.41) is 8.78. The van der Waals surface area contributed by atoms with Gasteiger partial charge in [0.05, 0.1) is 0 Å². The fourth-order valence-corrected chi connectivity index (χ4v) is 1.85. The monoisotopic (exact) mass is 293 g/mol. The fourth-order valence-electron chi connectivity index (χ4n) is 1.85. The molecule has 1 rings (SSSR count). The van der Waals surface area contributed by atoms with Crippen LogP contribution in [0.2, 0.25) is 0 Å². The molecule has 0 heterocycles. The molecule has 0 aliphatic carbocycles. The maximum atomic E-state index is 12.2. The molecule has 2 amide bonds. The Morgan fingerprint density at radius 2 is 1.67 bits per heavy atom. The zero-order chi connectivity index (χ0) is 16.0. The minimum absolute atomic E-state index is 0.319. The maximum absolute atomic E-state index is 12.2. The molecule has 3 N–H and O–H groups in total. The van der Waals surface area contributed by atoms with Crippen LogP contribution in [-0.4, -0.2) is 59.9 Å². The molecular weight excluding hydrogens is 274 g/mol. The maximum Gasteiger partial charge on any atom is 0.323 e. The lowest BCUT2D eigenvalue weighted by molar-refractivity contribution is -0.138. The summed E-state index contributed by atoms with van der Waals surface area (Å²) in [4.78, 5) is 36.8. The summed E-state index contributed by atoms with van der Waals surface area (Å²) < 4.78 is 0. The molecule has 0 aromatic heterocycles. The second kappa shape index (κ2) is 7.39. The number of nitrogens with zero attached hydrogens (tertiary/aromatic N) is 2. The Bertz CT molecular complexity index is 510. The molecule has 0 saturated heterocycles. The van der Waals surface area contributed by atoms with Crippen LogP contribution < -0.4 is 5.73 Å². The summed E-state index contributed by atoms with van der Waals surface area (Å²) in [5.74, 6) is -2.49. The van der Waals surface area contributed by atoms with E-state index < -0.39 is 30.9 Å². The zero-order valence-electron chi connectivity index (χ0n) is 12.1. The van der Waals surface area contributed by atoms with Crippen molar-refractivity contribution in [1.82, 2.24) is 9.80 Å². The highest BCUT2D eigenvalue weighted by atomic mass is 16.4. The first-order chi connectivity index (χ1) is 9.79. The van der Waals surface area contributed by atoms with Gasteiger partial charge in [-0.2, -0.15) is 0 Å². The molecule has 1 aromatic rings. The highest BCUT2D eigenvalue weighted by Gasteiger charge is 2.20. The molecule has 0 fully saturated rings. The Morgan fingerprint density at radius 3 is 2.10 bits per heavy atom. The number of rotatable bonds is 7. The van der Waals surface area contributed by atoms with Crippen molar-refractivity contribution < 1.29 is 19.5 Å². The number of hydrogen-bond acceptors (Lipinski definition) is 4. The molecule has 7 nitrogen and oxygen atoms in total. The van der Waals surface area contributed by atoms with E-state index in [9.17, 15) is 14.4 Å². The fraction of sp³-hybridized carbons (Fsp3) is 0.357. The van der Waals surface area contributed by atoms with Gasteiger partial charge in [-0.3, -0.25) is 14.4 Å². The van der Waals surface area contributed by atoms with E-state index in [1.165, 1.54) is 0 Å². The van der Waals surface area contributed by atoms with E-state index in [1.54, 1.807) is 24.3 Å². The van der Waals surface area contributed by atoms with Gasteiger partial charge in [-0.05, 0) is 31.8 Å². The molecule has 1 aromatic carbocycles. The van der Waals surface area contributed by atoms with Gasteiger partial charge in [0.1, 0.15) is 13.1 Å². The minimum Gasteiger partial charge on any atom is -0.480 e. The van der Waals surface area contributed by atoms with Gasteiger partial charge in [0.25, 0.3) is 5.91 Å². The number of aliphatic carboxylic acids is 1. The number of nitrogens with two attached hydrogens (primary N) is 1. The third-order valence-electron chi connectivity index (χ3n) is 2.66. The van der Waals surface area contributed by atoms with Crippen molar-refractivity contribution in [2.45, 2.75) is 6.54 Å². The van der Waals surface area contributed by atoms with Crippen LogP contribution in [0, 0.1) is 0 Å². The lowest BCUT2D eigenvalue weighted by Crippen LogP contribution is -2.41. The number of hydrogen-bond donors (Lipinski definition) is 2. The number of benzene rings is 1. The third-order valence-corrected chi connectivity index (χ3v) is 2.66. The lowest BCUT2D eigenvalue weighted by atomic mass is 10.1. The van der Waals surface area contributed by atoms with E-state index in [1.807, 2.05) is 19.0 Å². The number of primary amides is 1. The summed E-state index contributed by atoms with van der Waals surface area (Å²) in [6.07, 6.45) is 0. The number of amides is 2. The number of carbonyl (C=O) groups excluding carboxylic acids is 2. The second-order valence-electron chi connectivity index (χ2n) is 4.96. The molecule has 0 radical (unpaired) electrons. The molecule has 0 saturated carbocycles. The summed E-state index contributed by atoms with van der Waals surface area (Å²) in [6, 6.07) is 6.79. The molecule has 7 heteroatoms. The van der Waals surface area contributed by atoms with Crippen molar-refractivity contribution in [1.29, 1.82) is 0 Å². The molecule has 0 unspecified atom stereocenters. The second-order valence-corrected chi connectivity index (χ2v) is 4.96. The van der Waals surface area contributed by atoms with Crippen LogP contribution in [-0.2, 0) is 16.1 Å². The van der Waals surface area contributed by atoms with E-state index in [4.69, 9.17) is 10.8 Å². The van der Waals surface area contributed by atoms with Crippen molar-refractivity contribution in [3.63, 3.8) is 0 Å². The highest BCUT2D eigenvalue weighted by Crippen LogP contribution is 2.09. The molecule has 0 aliphatic heterocycles. The van der Waals surface area contributed by atoms with Crippen molar-refractivity contribution in [2.75, 3.05) is 27.2 Å². The lowest BCUT2D eigenvalue weighted by Gasteiger charge is -2.19. The van der Waals surface area contributed by atoms with Crippen LogP contribution >= 0.6 is 0 Å². The first-order valence-corrected chi connectivity index (χ1v) is 6.32. The van der Waals surface area contributed by atoms with Crippen LogP contribution in [0.25, 0.3) is 0 Å². The Balaban J connectivity index is 2.87. The SMILES string of the molecule is CN(C)Cc1ccc(C(=O)N(CC(N)=O)CC(=O)O)cc1. The minimum atomic E-state index is -1.20. The van der Waals surface area contributed by atoms with Gasteiger partial charge < -0.3 is 20.6 Å². The van der Waals surface area contributed by atoms with Crippen LogP contribution in [0.3, 0.4) is 0 Å². The number of carbonyl (C=O) groups is 3. The molecular formula is C14H19N3O4. The summed E-state index contributed by atoms with van der Waals surface area (Å²) >= 11 is 0. The van der Waals surface area contributed by atoms with E-state index in [0.29, 0.717) is 5.56 Å². The highest BCUT2D eigenvalue weighted by molar-refractivity contribution is 5.97. The predicted octanol–water partition coefficient (Wildman–Crippen LogP) is -0.240. The van der Waals surface area contributed by atoms with Gasteiger partial charge >= 0.3 is 5.97 Å². The predicted molar refractivity (Wildman–Crippen MR) is 76.6 cm³/mol. The Morgan fingerprint density at radius 1 is 1.10 bits per heavy atom. The average Bonchev–Trinajstić information content (AvgIpc) is 2.36.